The summed E-state index contributed by atoms with van der Waals surface area (Å²) in [4.78, 5) is 7.51. The molecule has 2 nitrogen and oxygen atoms in total. The minimum Gasteiger partial charge on any atom is -0.245 e. The molecule has 1 aromatic heterocycles. The first kappa shape index (κ1) is 5.22. The molecule has 0 aromatic carbocycles. The number of hydrogen-bond donors (Lipinski definition) is 0. The molecule has 8 heavy (non-hydrogen) atoms. The van der Waals surface area contributed by atoms with Crippen molar-refractivity contribution in [1.29, 1.82) is 0 Å². The maximum atomic E-state index is 5.13. The van der Waals surface area contributed by atoms with Crippen molar-refractivity contribution in [2.75, 3.05) is 0 Å². The Morgan fingerprint density at radius 3 is 2.88 bits per heavy atom. The molecule has 0 amide bonds. The zero-order valence-electron chi connectivity index (χ0n) is 4.28. The van der Waals surface area contributed by atoms with E-state index in [0.717, 1.165) is 5.69 Å². The summed E-state index contributed by atoms with van der Waals surface area (Å²) in [5, 5.41) is 0. The molecule has 0 unspecified atom stereocenters. The molecule has 0 bridgehead atoms. The van der Waals surface area contributed by atoms with Gasteiger partial charge >= 0.3 is 0 Å². The van der Waals surface area contributed by atoms with Crippen LogP contribution in [0.15, 0.2) is 18.6 Å². The van der Waals surface area contributed by atoms with Gasteiger partial charge in [-0.1, -0.05) is 0 Å². The molecule has 0 aliphatic rings. The van der Waals surface area contributed by atoms with Gasteiger partial charge in [0.1, 0.15) is 6.33 Å². The third kappa shape index (κ3) is 1.03. The van der Waals surface area contributed by atoms with E-state index in [0.29, 0.717) is 0 Å². The molecular formula is C6H5N2. The second kappa shape index (κ2) is 2.40. The SMILES string of the molecule is [CH][CH]c1ccncn1. The molecule has 0 atom stereocenters. The lowest BCUT2D eigenvalue weighted by molar-refractivity contribution is 1.12. The summed E-state index contributed by atoms with van der Waals surface area (Å²) in [5.74, 6) is 0. The van der Waals surface area contributed by atoms with E-state index in [-0.39, 0.29) is 0 Å². The number of aromatic nitrogens is 2. The molecule has 0 fully saturated rings. The van der Waals surface area contributed by atoms with Crippen molar-refractivity contribution < 1.29 is 0 Å². The molecule has 1 heterocycles. The fourth-order valence-electron chi connectivity index (χ4n) is 0.400. The van der Waals surface area contributed by atoms with Gasteiger partial charge in [0, 0.05) is 18.3 Å². The summed E-state index contributed by atoms with van der Waals surface area (Å²) in [7, 11) is 0. The summed E-state index contributed by atoms with van der Waals surface area (Å²) in [6.07, 6.45) is 4.53. The highest BCUT2D eigenvalue weighted by molar-refractivity contribution is 5.10. The molecule has 39 valence electrons. The van der Waals surface area contributed by atoms with Gasteiger partial charge in [-0.05, 0) is 13.0 Å². The van der Waals surface area contributed by atoms with Gasteiger partial charge in [-0.2, -0.15) is 0 Å². The second-order valence-electron chi connectivity index (χ2n) is 1.30. The number of rotatable bonds is 1. The van der Waals surface area contributed by atoms with Gasteiger partial charge in [0.2, 0.25) is 0 Å². The molecule has 2 heteroatoms. The normalized spacial score (nSPS) is 9.12. The van der Waals surface area contributed by atoms with Crippen molar-refractivity contribution >= 4 is 0 Å². The highest BCUT2D eigenvalue weighted by Crippen LogP contribution is 1.90. The van der Waals surface area contributed by atoms with Crippen molar-refractivity contribution in [2.45, 2.75) is 0 Å². The van der Waals surface area contributed by atoms with Crippen LogP contribution in [0.4, 0.5) is 0 Å². The van der Waals surface area contributed by atoms with E-state index in [1.165, 1.54) is 12.7 Å². The van der Waals surface area contributed by atoms with Crippen LogP contribution in [0.3, 0.4) is 0 Å². The van der Waals surface area contributed by atoms with Gasteiger partial charge in [-0.3, -0.25) is 0 Å². The zero-order valence-corrected chi connectivity index (χ0v) is 4.28. The summed E-state index contributed by atoms with van der Waals surface area (Å²) < 4.78 is 0. The van der Waals surface area contributed by atoms with E-state index < -0.39 is 0 Å². The van der Waals surface area contributed by atoms with E-state index >= 15 is 0 Å². The van der Waals surface area contributed by atoms with Crippen molar-refractivity contribution in [2.24, 2.45) is 0 Å². The third-order valence-electron chi connectivity index (χ3n) is 0.776. The van der Waals surface area contributed by atoms with Crippen LogP contribution in [0.25, 0.3) is 0 Å². The molecule has 0 saturated carbocycles. The number of nitrogens with zero attached hydrogens (tertiary/aromatic N) is 2. The van der Waals surface area contributed by atoms with Crippen molar-refractivity contribution in [3.8, 4) is 0 Å². The topological polar surface area (TPSA) is 25.8 Å². The maximum absolute atomic E-state index is 5.13. The fraction of sp³-hybridized carbons (Fsp3) is 0. The first-order valence-corrected chi connectivity index (χ1v) is 2.24. The van der Waals surface area contributed by atoms with E-state index in [4.69, 9.17) is 6.92 Å². The van der Waals surface area contributed by atoms with Crippen molar-refractivity contribution in [1.82, 2.24) is 9.97 Å². The average Bonchev–Trinajstić information content (AvgIpc) is 1.90. The predicted molar refractivity (Wildman–Crippen MR) is 29.7 cm³/mol. The van der Waals surface area contributed by atoms with E-state index in [1.54, 1.807) is 12.3 Å². The van der Waals surface area contributed by atoms with Gasteiger partial charge in [0.25, 0.3) is 0 Å². The van der Waals surface area contributed by atoms with Crippen LogP contribution in [0.2, 0.25) is 0 Å². The molecule has 1 aromatic rings. The van der Waals surface area contributed by atoms with E-state index in [2.05, 4.69) is 9.97 Å². The van der Waals surface area contributed by atoms with Crippen molar-refractivity contribution in [3.63, 3.8) is 0 Å². The van der Waals surface area contributed by atoms with Gasteiger partial charge in [-0.15, -0.1) is 0 Å². The lowest BCUT2D eigenvalue weighted by atomic mass is 10.3. The lowest BCUT2D eigenvalue weighted by Crippen LogP contribution is -1.82. The smallest absolute Gasteiger partial charge is 0.115 e. The summed E-state index contributed by atoms with van der Waals surface area (Å²) in [6, 6.07) is 1.74. The van der Waals surface area contributed by atoms with Crippen LogP contribution in [-0.4, -0.2) is 9.97 Å². The first-order chi connectivity index (χ1) is 3.93. The van der Waals surface area contributed by atoms with Crippen LogP contribution >= 0.6 is 0 Å². The van der Waals surface area contributed by atoms with Gasteiger partial charge < -0.3 is 0 Å². The summed E-state index contributed by atoms with van der Waals surface area (Å²) in [6.45, 7) is 5.13. The summed E-state index contributed by atoms with van der Waals surface area (Å²) >= 11 is 0. The fourth-order valence-corrected chi connectivity index (χ4v) is 0.400. The molecule has 0 aliphatic carbocycles. The molecule has 0 aliphatic heterocycles. The molecule has 0 N–H and O–H groups in total. The lowest BCUT2D eigenvalue weighted by Gasteiger charge is -1.87. The third-order valence-corrected chi connectivity index (χ3v) is 0.776. The Kier molecular flexibility index (Phi) is 1.57. The molecule has 3 radical (unpaired) electrons. The average molecular weight is 105 g/mol. The van der Waals surface area contributed by atoms with Crippen LogP contribution < -0.4 is 0 Å². The highest BCUT2D eigenvalue weighted by atomic mass is 14.8. The van der Waals surface area contributed by atoms with Gasteiger partial charge in [-0.25, -0.2) is 9.97 Å². The minimum absolute atomic E-state index is 0.750. The maximum Gasteiger partial charge on any atom is 0.115 e. The first-order valence-electron chi connectivity index (χ1n) is 2.24. The molecule has 1 rings (SSSR count). The van der Waals surface area contributed by atoms with E-state index in [9.17, 15) is 0 Å². The Hall–Kier alpha value is -0.920. The predicted octanol–water partition coefficient (Wildman–Crippen LogP) is 0.740. The summed E-state index contributed by atoms with van der Waals surface area (Å²) in [5.41, 5.74) is 0.750. The highest BCUT2D eigenvalue weighted by Gasteiger charge is 1.83. The van der Waals surface area contributed by atoms with Crippen LogP contribution in [0.1, 0.15) is 5.69 Å². The van der Waals surface area contributed by atoms with Crippen LogP contribution in [0, 0.1) is 13.3 Å². The van der Waals surface area contributed by atoms with Gasteiger partial charge in [0.05, 0.1) is 0 Å². The Morgan fingerprint density at radius 2 is 2.50 bits per heavy atom. The quantitative estimate of drug-likeness (QED) is 0.526. The number of hydrogen-bond acceptors (Lipinski definition) is 2. The Bertz CT molecular complexity index is 148. The Labute approximate surface area is 48.6 Å². The largest absolute Gasteiger partial charge is 0.245 e. The zero-order chi connectivity index (χ0) is 5.82. The Morgan fingerprint density at radius 1 is 1.62 bits per heavy atom. The van der Waals surface area contributed by atoms with Crippen LogP contribution in [0.5, 0.6) is 0 Å². The molecule has 0 spiro atoms. The Balaban J connectivity index is 2.83. The standard InChI is InChI=1S/C6H5N2/c1-2-6-3-4-7-5-8-6/h1-5H. The van der Waals surface area contributed by atoms with E-state index in [1.807, 2.05) is 0 Å². The molecular weight excluding hydrogens is 100 g/mol. The van der Waals surface area contributed by atoms with Crippen molar-refractivity contribution in [3.05, 3.63) is 37.6 Å². The minimum atomic E-state index is 0.750. The molecule has 0 saturated heterocycles. The van der Waals surface area contributed by atoms with Crippen LogP contribution in [-0.2, 0) is 0 Å². The van der Waals surface area contributed by atoms with Gasteiger partial charge in [0.15, 0.2) is 0 Å². The monoisotopic (exact) mass is 105 g/mol. The second-order valence-corrected chi connectivity index (χ2v) is 1.30.